The average Bonchev–Trinajstić information content (AvgIpc) is 2.63. The van der Waals surface area contributed by atoms with Gasteiger partial charge in [0, 0.05) is 6.04 Å². The molecule has 2 fully saturated rings. The van der Waals surface area contributed by atoms with Gasteiger partial charge in [0.05, 0.1) is 5.54 Å². The third-order valence-electron chi connectivity index (χ3n) is 5.33. The van der Waals surface area contributed by atoms with E-state index in [1.165, 1.54) is 44.9 Å². The van der Waals surface area contributed by atoms with Crippen LogP contribution in [0.3, 0.4) is 0 Å². The molecule has 3 heteroatoms. The van der Waals surface area contributed by atoms with Gasteiger partial charge in [-0.25, -0.2) is 0 Å². The Hall–Kier alpha value is -0.570. The Balaban J connectivity index is 2.02. The number of hydrogen-bond acceptors (Lipinski definition) is 2. The van der Waals surface area contributed by atoms with Gasteiger partial charge in [0.25, 0.3) is 0 Å². The van der Waals surface area contributed by atoms with E-state index in [0.717, 1.165) is 31.6 Å². The van der Waals surface area contributed by atoms with Gasteiger partial charge in [-0.05, 0) is 38.0 Å². The molecule has 0 aromatic heterocycles. The zero-order valence-electron chi connectivity index (χ0n) is 12.4. The number of rotatable bonds is 4. The van der Waals surface area contributed by atoms with Gasteiger partial charge in [-0.15, -0.1) is 0 Å². The first kappa shape index (κ1) is 14.8. The van der Waals surface area contributed by atoms with Crippen molar-refractivity contribution in [3.05, 3.63) is 0 Å². The summed E-state index contributed by atoms with van der Waals surface area (Å²) in [6, 6.07) is 0.513. The molecule has 0 aromatic carbocycles. The molecule has 2 unspecified atom stereocenters. The highest BCUT2D eigenvalue weighted by molar-refractivity contribution is 5.84. The van der Waals surface area contributed by atoms with Crippen LogP contribution in [0.15, 0.2) is 0 Å². The van der Waals surface area contributed by atoms with Crippen LogP contribution in [0.1, 0.15) is 77.6 Å². The first-order valence-corrected chi connectivity index (χ1v) is 8.24. The average molecular weight is 266 g/mol. The molecule has 2 saturated carbocycles. The van der Waals surface area contributed by atoms with Crippen molar-refractivity contribution in [2.45, 2.75) is 89.1 Å². The van der Waals surface area contributed by atoms with Gasteiger partial charge in [0.15, 0.2) is 0 Å². The molecule has 2 aliphatic carbocycles. The van der Waals surface area contributed by atoms with Crippen LogP contribution in [0.2, 0.25) is 0 Å². The zero-order chi connectivity index (χ0) is 13.7. The second-order valence-electron chi connectivity index (χ2n) is 6.63. The molecular formula is C16H30N2O. The maximum Gasteiger partial charge on any atom is 0.237 e. The highest BCUT2D eigenvalue weighted by Gasteiger charge is 2.39. The topological polar surface area (TPSA) is 55.1 Å². The van der Waals surface area contributed by atoms with E-state index >= 15 is 0 Å². The Labute approximate surface area is 117 Å². The first-order valence-electron chi connectivity index (χ1n) is 8.24. The molecule has 3 nitrogen and oxygen atoms in total. The molecule has 3 N–H and O–H groups in total. The number of hydrogen-bond donors (Lipinski definition) is 2. The summed E-state index contributed by atoms with van der Waals surface area (Å²) >= 11 is 0. The van der Waals surface area contributed by atoms with Gasteiger partial charge in [0.2, 0.25) is 5.91 Å². The van der Waals surface area contributed by atoms with Crippen LogP contribution in [0.25, 0.3) is 0 Å². The van der Waals surface area contributed by atoms with Gasteiger partial charge < -0.3 is 11.1 Å². The Kier molecular flexibility index (Phi) is 5.26. The van der Waals surface area contributed by atoms with Crippen LogP contribution in [-0.4, -0.2) is 17.5 Å². The molecule has 2 atom stereocenters. The van der Waals surface area contributed by atoms with Crippen molar-refractivity contribution >= 4 is 5.91 Å². The lowest BCUT2D eigenvalue weighted by Gasteiger charge is -2.36. The highest BCUT2D eigenvalue weighted by atomic mass is 16.1. The number of carbonyl (C=O) groups excluding carboxylic acids is 1. The van der Waals surface area contributed by atoms with E-state index in [1.807, 2.05) is 0 Å². The van der Waals surface area contributed by atoms with E-state index in [9.17, 15) is 4.79 Å². The summed E-state index contributed by atoms with van der Waals surface area (Å²) in [5.41, 5.74) is 5.36. The van der Waals surface area contributed by atoms with E-state index in [4.69, 9.17) is 5.73 Å². The molecule has 2 rings (SSSR count). The minimum atomic E-state index is -0.411. The summed E-state index contributed by atoms with van der Waals surface area (Å²) in [7, 11) is 0. The van der Waals surface area contributed by atoms with E-state index in [0.29, 0.717) is 6.04 Å². The molecule has 1 amide bonds. The first-order chi connectivity index (χ1) is 9.16. The van der Waals surface area contributed by atoms with Crippen LogP contribution in [0.4, 0.5) is 0 Å². The summed E-state index contributed by atoms with van der Waals surface area (Å²) in [6.45, 7) is 2.26. The van der Waals surface area contributed by atoms with Crippen molar-refractivity contribution < 1.29 is 4.79 Å². The maximum atomic E-state index is 12.1. The molecule has 0 spiro atoms. The van der Waals surface area contributed by atoms with Crippen LogP contribution in [0, 0.1) is 5.92 Å². The van der Waals surface area contributed by atoms with Crippen LogP contribution in [-0.2, 0) is 4.79 Å². The zero-order valence-corrected chi connectivity index (χ0v) is 12.4. The minimum absolute atomic E-state index is 0.116. The lowest BCUT2D eigenvalue weighted by Crippen LogP contribution is -2.58. The Morgan fingerprint density at radius 1 is 1.11 bits per heavy atom. The molecule has 0 radical (unpaired) electrons. The van der Waals surface area contributed by atoms with Gasteiger partial charge in [-0.1, -0.05) is 45.4 Å². The number of nitrogens with two attached hydrogens (primary N) is 1. The fraction of sp³-hybridized carbons (Fsp3) is 0.938. The number of carbonyl (C=O) groups is 1. The Morgan fingerprint density at radius 3 is 2.47 bits per heavy atom. The normalized spacial score (nSPS) is 33.8. The van der Waals surface area contributed by atoms with Crippen LogP contribution in [0.5, 0.6) is 0 Å². The number of amides is 1. The van der Waals surface area contributed by atoms with E-state index < -0.39 is 5.54 Å². The lowest BCUT2D eigenvalue weighted by atomic mass is 9.85. The monoisotopic (exact) mass is 266 g/mol. The minimum Gasteiger partial charge on any atom is -0.368 e. The molecule has 2 aliphatic rings. The SMILES string of the molecule is CCC1CCCC(NC2CCCCC2)(C(N)=O)CC1. The molecular weight excluding hydrogens is 236 g/mol. The molecule has 0 bridgehead atoms. The van der Waals surface area contributed by atoms with Crippen LogP contribution < -0.4 is 11.1 Å². The van der Waals surface area contributed by atoms with Crippen molar-refractivity contribution in [1.29, 1.82) is 0 Å². The second kappa shape index (κ2) is 6.74. The predicted molar refractivity (Wildman–Crippen MR) is 78.8 cm³/mol. The molecule has 0 aliphatic heterocycles. The third-order valence-corrected chi connectivity index (χ3v) is 5.33. The van der Waals surface area contributed by atoms with Crippen molar-refractivity contribution in [3.8, 4) is 0 Å². The van der Waals surface area contributed by atoms with Crippen molar-refractivity contribution in [1.82, 2.24) is 5.32 Å². The largest absolute Gasteiger partial charge is 0.368 e. The van der Waals surface area contributed by atoms with Gasteiger partial charge in [-0.3, -0.25) is 4.79 Å². The lowest BCUT2D eigenvalue weighted by molar-refractivity contribution is -0.125. The Bertz CT molecular complexity index is 299. The number of nitrogens with one attached hydrogen (secondary N) is 1. The van der Waals surface area contributed by atoms with Crippen LogP contribution >= 0.6 is 0 Å². The summed E-state index contributed by atoms with van der Waals surface area (Å²) < 4.78 is 0. The summed E-state index contributed by atoms with van der Waals surface area (Å²) in [5.74, 6) is 0.671. The molecule has 0 heterocycles. The van der Waals surface area contributed by atoms with Gasteiger partial charge in [0.1, 0.15) is 0 Å². The molecule has 0 aromatic rings. The standard InChI is InChI=1S/C16H30N2O/c1-2-13-7-6-11-16(12-10-13,15(17)19)18-14-8-4-3-5-9-14/h13-14,18H,2-12H2,1H3,(H2,17,19). The van der Waals surface area contributed by atoms with Gasteiger partial charge in [-0.2, -0.15) is 0 Å². The van der Waals surface area contributed by atoms with E-state index in [-0.39, 0.29) is 5.91 Å². The fourth-order valence-electron chi connectivity index (χ4n) is 3.92. The number of primary amides is 1. The predicted octanol–water partition coefficient (Wildman–Crippen LogP) is 3.12. The van der Waals surface area contributed by atoms with E-state index in [1.54, 1.807) is 0 Å². The van der Waals surface area contributed by atoms with Crippen molar-refractivity contribution in [3.63, 3.8) is 0 Å². The second-order valence-corrected chi connectivity index (χ2v) is 6.63. The third kappa shape index (κ3) is 3.71. The summed E-state index contributed by atoms with van der Waals surface area (Å²) in [4.78, 5) is 12.1. The summed E-state index contributed by atoms with van der Waals surface area (Å²) in [6.07, 6.45) is 13.0. The molecule has 110 valence electrons. The molecule has 0 saturated heterocycles. The van der Waals surface area contributed by atoms with Gasteiger partial charge >= 0.3 is 0 Å². The fourth-order valence-corrected chi connectivity index (χ4v) is 3.92. The summed E-state index contributed by atoms with van der Waals surface area (Å²) in [5, 5.41) is 3.68. The molecule has 19 heavy (non-hydrogen) atoms. The maximum absolute atomic E-state index is 12.1. The van der Waals surface area contributed by atoms with E-state index in [2.05, 4.69) is 12.2 Å². The Morgan fingerprint density at radius 2 is 1.84 bits per heavy atom. The highest BCUT2D eigenvalue weighted by Crippen LogP contribution is 2.33. The quantitative estimate of drug-likeness (QED) is 0.768. The van der Waals surface area contributed by atoms with Crippen molar-refractivity contribution in [2.75, 3.05) is 0 Å². The van der Waals surface area contributed by atoms with Crippen molar-refractivity contribution in [2.24, 2.45) is 11.7 Å². The smallest absolute Gasteiger partial charge is 0.237 e.